The first-order chi connectivity index (χ1) is 14.1. The van der Waals surface area contributed by atoms with Crippen LogP contribution in [0.2, 0.25) is 0 Å². The SMILES string of the molecule is CN(C(=O)c1ccc2c(c1)C(=O)N(CCc1ccccc1)C2=O)C1CCCCC1. The molecule has 2 aromatic carbocycles. The Hall–Kier alpha value is -2.95. The summed E-state index contributed by atoms with van der Waals surface area (Å²) in [5, 5.41) is 0. The van der Waals surface area contributed by atoms with Gasteiger partial charge in [0.2, 0.25) is 0 Å². The van der Waals surface area contributed by atoms with Crippen molar-refractivity contribution in [3.63, 3.8) is 0 Å². The van der Waals surface area contributed by atoms with Crippen LogP contribution in [0.3, 0.4) is 0 Å². The number of benzene rings is 2. The summed E-state index contributed by atoms with van der Waals surface area (Å²) < 4.78 is 0. The van der Waals surface area contributed by atoms with E-state index in [1.165, 1.54) is 11.3 Å². The van der Waals surface area contributed by atoms with E-state index in [0.717, 1.165) is 31.2 Å². The van der Waals surface area contributed by atoms with Crippen LogP contribution in [0.4, 0.5) is 0 Å². The zero-order chi connectivity index (χ0) is 20.4. The number of imide groups is 1. The zero-order valence-electron chi connectivity index (χ0n) is 16.8. The highest BCUT2D eigenvalue weighted by Gasteiger charge is 2.36. The molecule has 0 aromatic heterocycles. The van der Waals surface area contributed by atoms with Crippen LogP contribution < -0.4 is 0 Å². The molecule has 5 heteroatoms. The molecule has 29 heavy (non-hydrogen) atoms. The van der Waals surface area contributed by atoms with Gasteiger partial charge >= 0.3 is 0 Å². The van der Waals surface area contributed by atoms with Crippen molar-refractivity contribution in [2.24, 2.45) is 0 Å². The average molecular weight is 390 g/mol. The number of nitrogens with zero attached hydrogens (tertiary/aromatic N) is 2. The summed E-state index contributed by atoms with van der Waals surface area (Å²) >= 11 is 0. The highest BCUT2D eigenvalue weighted by molar-refractivity contribution is 6.22. The van der Waals surface area contributed by atoms with E-state index in [-0.39, 0.29) is 23.8 Å². The summed E-state index contributed by atoms with van der Waals surface area (Å²) in [6.45, 7) is 0.335. The van der Waals surface area contributed by atoms with Gasteiger partial charge < -0.3 is 4.90 Å². The smallest absolute Gasteiger partial charge is 0.261 e. The van der Waals surface area contributed by atoms with E-state index in [1.54, 1.807) is 23.1 Å². The molecule has 0 spiro atoms. The summed E-state index contributed by atoms with van der Waals surface area (Å²) in [6.07, 6.45) is 6.19. The molecule has 1 aliphatic heterocycles. The quantitative estimate of drug-likeness (QED) is 0.727. The van der Waals surface area contributed by atoms with Crippen LogP contribution in [0.15, 0.2) is 48.5 Å². The van der Waals surface area contributed by atoms with E-state index in [9.17, 15) is 14.4 Å². The largest absolute Gasteiger partial charge is 0.339 e. The first-order valence-electron chi connectivity index (χ1n) is 10.4. The topological polar surface area (TPSA) is 57.7 Å². The summed E-state index contributed by atoms with van der Waals surface area (Å²) in [5.74, 6) is -0.667. The Labute approximate surface area is 171 Å². The minimum absolute atomic E-state index is 0.0808. The van der Waals surface area contributed by atoms with Gasteiger partial charge in [-0.3, -0.25) is 19.3 Å². The van der Waals surface area contributed by atoms with E-state index in [0.29, 0.717) is 29.7 Å². The molecule has 2 aliphatic rings. The van der Waals surface area contributed by atoms with Crippen LogP contribution in [0.5, 0.6) is 0 Å². The van der Waals surface area contributed by atoms with Gasteiger partial charge in [-0.15, -0.1) is 0 Å². The Kier molecular flexibility index (Phi) is 5.47. The van der Waals surface area contributed by atoms with Crippen molar-refractivity contribution < 1.29 is 14.4 Å². The van der Waals surface area contributed by atoms with Crippen LogP contribution in [0, 0.1) is 0 Å². The molecule has 3 amide bonds. The fourth-order valence-corrected chi connectivity index (χ4v) is 4.35. The monoisotopic (exact) mass is 390 g/mol. The Morgan fingerprint density at radius 2 is 1.66 bits per heavy atom. The maximum Gasteiger partial charge on any atom is 0.261 e. The predicted octanol–water partition coefficient (Wildman–Crippen LogP) is 3.93. The van der Waals surface area contributed by atoms with E-state index in [1.807, 2.05) is 37.4 Å². The number of rotatable bonds is 5. The second-order valence-corrected chi connectivity index (χ2v) is 7.97. The number of amides is 3. The highest BCUT2D eigenvalue weighted by atomic mass is 16.2. The van der Waals surface area contributed by atoms with E-state index in [2.05, 4.69) is 0 Å². The molecule has 1 fully saturated rings. The molecular weight excluding hydrogens is 364 g/mol. The number of carbonyl (C=O) groups is 3. The van der Waals surface area contributed by atoms with Gasteiger partial charge in [0.15, 0.2) is 0 Å². The summed E-state index contributed by atoms with van der Waals surface area (Å²) in [7, 11) is 1.84. The van der Waals surface area contributed by atoms with Crippen LogP contribution in [0.1, 0.15) is 68.7 Å². The second-order valence-electron chi connectivity index (χ2n) is 7.97. The van der Waals surface area contributed by atoms with Crippen LogP contribution in [0.25, 0.3) is 0 Å². The van der Waals surface area contributed by atoms with Gasteiger partial charge in [-0.1, -0.05) is 49.6 Å². The summed E-state index contributed by atoms with van der Waals surface area (Å²) in [5.41, 5.74) is 2.28. The van der Waals surface area contributed by atoms with Crippen molar-refractivity contribution in [2.75, 3.05) is 13.6 Å². The maximum atomic E-state index is 12.9. The molecule has 1 saturated carbocycles. The van der Waals surface area contributed by atoms with E-state index in [4.69, 9.17) is 0 Å². The zero-order valence-corrected chi connectivity index (χ0v) is 16.8. The number of carbonyl (C=O) groups excluding carboxylic acids is 3. The van der Waals surface area contributed by atoms with Crippen molar-refractivity contribution >= 4 is 17.7 Å². The molecule has 4 rings (SSSR count). The number of hydrogen-bond donors (Lipinski definition) is 0. The van der Waals surface area contributed by atoms with Gasteiger partial charge in [0.05, 0.1) is 11.1 Å². The fourth-order valence-electron chi connectivity index (χ4n) is 4.35. The molecule has 0 bridgehead atoms. The molecule has 1 heterocycles. The maximum absolute atomic E-state index is 12.9. The molecule has 2 aromatic rings. The summed E-state index contributed by atoms with van der Waals surface area (Å²) in [4.78, 5) is 41.6. The fraction of sp³-hybridized carbons (Fsp3) is 0.375. The molecule has 0 atom stereocenters. The Bertz CT molecular complexity index is 932. The first kappa shape index (κ1) is 19.4. The van der Waals surface area contributed by atoms with Crippen LogP contribution >= 0.6 is 0 Å². The molecule has 5 nitrogen and oxygen atoms in total. The molecule has 0 N–H and O–H groups in total. The lowest BCUT2D eigenvalue weighted by atomic mass is 9.94. The molecule has 0 unspecified atom stereocenters. The lowest BCUT2D eigenvalue weighted by Crippen LogP contribution is -2.38. The van der Waals surface area contributed by atoms with Crippen molar-refractivity contribution in [1.29, 1.82) is 0 Å². The van der Waals surface area contributed by atoms with Crippen molar-refractivity contribution in [2.45, 2.75) is 44.6 Å². The third kappa shape index (κ3) is 3.82. The number of hydrogen-bond acceptors (Lipinski definition) is 3. The van der Waals surface area contributed by atoms with E-state index < -0.39 is 0 Å². The standard InChI is InChI=1S/C24H26N2O3/c1-25(19-10-6-3-7-11-19)22(27)18-12-13-20-21(16-18)24(29)26(23(20)28)15-14-17-8-4-2-5-9-17/h2,4-5,8-9,12-13,16,19H,3,6-7,10-11,14-15H2,1H3. The number of fused-ring (bicyclic) bond motifs is 1. The van der Waals surface area contributed by atoms with Gasteiger partial charge in [-0.2, -0.15) is 0 Å². The Morgan fingerprint density at radius 1 is 0.966 bits per heavy atom. The van der Waals surface area contributed by atoms with Crippen molar-refractivity contribution in [1.82, 2.24) is 9.80 Å². The normalized spacial score (nSPS) is 16.8. The van der Waals surface area contributed by atoms with Gasteiger partial charge in [0.1, 0.15) is 0 Å². The van der Waals surface area contributed by atoms with Crippen LogP contribution in [-0.2, 0) is 6.42 Å². The molecule has 0 saturated heterocycles. The predicted molar refractivity (Wildman–Crippen MR) is 111 cm³/mol. The van der Waals surface area contributed by atoms with Gasteiger partial charge in [-0.05, 0) is 43.0 Å². The molecule has 0 radical (unpaired) electrons. The minimum Gasteiger partial charge on any atom is -0.339 e. The van der Waals surface area contributed by atoms with Crippen LogP contribution in [-0.4, -0.2) is 47.2 Å². The Balaban J connectivity index is 1.49. The van der Waals surface area contributed by atoms with E-state index >= 15 is 0 Å². The summed E-state index contributed by atoms with van der Waals surface area (Å²) in [6, 6.07) is 14.9. The highest BCUT2D eigenvalue weighted by Crippen LogP contribution is 2.27. The van der Waals surface area contributed by atoms with Crippen molar-refractivity contribution in [3.8, 4) is 0 Å². The molecule has 1 aliphatic carbocycles. The first-order valence-corrected chi connectivity index (χ1v) is 10.4. The average Bonchev–Trinajstić information content (AvgIpc) is 3.01. The minimum atomic E-state index is -0.309. The van der Waals surface area contributed by atoms with Gasteiger partial charge in [0, 0.05) is 25.2 Å². The molecule has 150 valence electrons. The van der Waals surface area contributed by atoms with Crippen molar-refractivity contribution in [3.05, 3.63) is 70.8 Å². The second kappa shape index (κ2) is 8.19. The lowest BCUT2D eigenvalue weighted by molar-refractivity contribution is 0.0655. The Morgan fingerprint density at radius 3 is 2.38 bits per heavy atom. The third-order valence-corrected chi connectivity index (χ3v) is 6.13. The van der Waals surface area contributed by atoms with Gasteiger partial charge in [-0.25, -0.2) is 0 Å². The third-order valence-electron chi connectivity index (χ3n) is 6.13. The molecular formula is C24H26N2O3. The van der Waals surface area contributed by atoms with Gasteiger partial charge in [0.25, 0.3) is 17.7 Å². The lowest BCUT2D eigenvalue weighted by Gasteiger charge is -2.31.